The van der Waals surface area contributed by atoms with Gasteiger partial charge in [0.05, 0.1) is 0 Å². The summed E-state index contributed by atoms with van der Waals surface area (Å²) in [7, 11) is 0. The van der Waals surface area contributed by atoms with E-state index in [1.807, 2.05) is 0 Å². The molecule has 0 aromatic heterocycles. The molecule has 3 nitrogen and oxygen atoms in total. The molecule has 0 saturated carbocycles. The van der Waals surface area contributed by atoms with Crippen LogP contribution in [0, 0.1) is 0 Å². The van der Waals surface area contributed by atoms with Crippen LogP contribution in [-0.4, -0.2) is 44.8 Å². The van der Waals surface area contributed by atoms with Gasteiger partial charge in [0.25, 0.3) is 0 Å². The summed E-state index contributed by atoms with van der Waals surface area (Å²) in [4.78, 5) is 0. The second kappa shape index (κ2) is 8.72. The van der Waals surface area contributed by atoms with Crippen molar-refractivity contribution in [2.75, 3.05) is 0 Å². The van der Waals surface area contributed by atoms with Gasteiger partial charge >= 0.3 is 120 Å². The Hall–Kier alpha value is 0.679. The quantitative estimate of drug-likeness (QED) is 0.472. The van der Waals surface area contributed by atoms with Crippen molar-refractivity contribution in [3.8, 4) is 0 Å². The summed E-state index contributed by atoms with van der Waals surface area (Å²) >= 11 is 1.12. The molecule has 17 heavy (non-hydrogen) atoms. The van der Waals surface area contributed by atoms with Gasteiger partial charge in [0.1, 0.15) is 0 Å². The first kappa shape index (κ1) is 17.7. The molecule has 0 N–H and O–H groups in total. The van der Waals surface area contributed by atoms with E-state index in [1.54, 1.807) is 0 Å². The Morgan fingerprint density at radius 2 is 1.00 bits per heavy atom. The van der Waals surface area contributed by atoms with E-state index < -0.39 is 3.99 Å². The minimum atomic E-state index is -0.840. The second-order valence-electron chi connectivity index (χ2n) is 4.57. The SMILES string of the molecule is CCC(C)O[C]([Sn+3])(OC(C)CC)OC(C)CC. The molecule has 0 bridgehead atoms. The Labute approximate surface area is 120 Å². The van der Waals surface area contributed by atoms with Crippen molar-refractivity contribution >= 4 is 22.5 Å². The van der Waals surface area contributed by atoms with Crippen LogP contribution in [0.4, 0.5) is 0 Å². The molecule has 0 aliphatic heterocycles. The molecule has 0 aliphatic rings. The topological polar surface area (TPSA) is 27.7 Å². The third kappa shape index (κ3) is 7.65. The van der Waals surface area contributed by atoms with Gasteiger partial charge in [-0.15, -0.1) is 0 Å². The predicted octanol–water partition coefficient (Wildman–Crippen LogP) is 3.21. The number of hydrogen-bond donors (Lipinski definition) is 0. The van der Waals surface area contributed by atoms with Crippen LogP contribution in [0.2, 0.25) is 0 Å². The first-order valence-corrected chi connectivity index (χ1v) is 8.07. The molecule has 0 saturated heterocycles. The number of rotatable bonds is 9. The third-order valence-electron chi connectivity index (χ3n) is 2.79. The maximum absolute atomic E-state index is 5.93. The zero-order chi connectivity index (χ0) is 13.5. The van der Waals surface area contributed by atoms with Crippen LogP contribution in [-0.2, 0) is 14.2 Å². The molecule has 3 unspecified atom stereocenters. The van der Waals surface area contributed by atoms with Gasteiger partial charge in [-0.05, 0) is 0 Å². The summed E-state index contributed by atoms with van der Waals surface area (Å²) in [6, 6.07) is 0. The van der Waals surface area contributed by atoms with Crippen LogP contribution in [0.15, 0.2) is 0 Å². The molecule has 0 heterocycles. The normalized spacial score (nSPS) is 20.7. The summed E-state index contributed by atoms with van der Waals surface area (Å²) in [6.45, 7) is 12.5. The molecule has 3 atom stereocenters. The number of hydrogen-bond acceptors (Lipinski definition) is 3. The molecular formula is C13H27O3Sn+3. The summed E-state index contributed by atoms with van der Waals surface area (Å²) in [6.07, 6.45) is 3.35. The Balaban J connectivity index is 4.55. The molecule has 0 amide bonds. The van der Waals surface area contributed by atoms with Crippen LogP contribution >= 0.6 is 0 Å². The van der Waals surface area contributed by atoms with E-state index in [4.69, 9.17) is 14.2 Å². The minimum absolute atomic E-state index is 0.155. The molecule has 0 aliphatic carbocycles. The van der Waals surface area contributed by atoms with E-state index >= 15 is 0 Å². The molecule has 0 aromatic carbocycles. The molecule has 0 radical (unpaired) electrons. The molecular weight excluding hydrogens is 323 g/mol. The molecule has 0 aromatic rings. The molecule has 0 spiro atoms. The van der Waals surface area contributed by atoms with Crippen molar-refractivity contribution in [3.63, 3.8) is 0 Å². The summed E-state index contributed by atoms with van der Waals surface area (Å²) < 4.78 is 16.9. The van der Waals surface area contributed by atoms with Crippen molar-refractivity contribution in [2.24, 2.45) is 0 Å². The first-order chi connectivity index (χ1) is 7.86. The first-order valence-electron chi connectivity index (χ1n) is 6.65. The summed E-state index contributed by atoms with van der Waals surface area (Å²) in [5, 5.41) is 0. The molecule has 98 valence electrons. The van der Waals surface area contributed by atoms with Gasteiger partial charge in [-0.1, -0.05) is 0 Å². The Morgan fingerprint density at radius 3 is 1.18 bits per heavy atom. The van der Waals surface area contributed by atoms with Crippen molar-refractivity contribution in [3.05, 3.63) is 0 Å². The third-order valence-corrected chi connectivity index (χ3v) is 3.80. The maximum atomic E-state index is 5.93. The molecule has 4 heteroatoms. The predicted molar refractivity (Wildman–Crippen MR) is 71.0 cm³/mol. The van der Waals surface area contributed by atoms with Crippen molar-refractivity contribution < 1.29 is 14.2 Å². The summed E-state index contributed by atoms with van der Waals surface area (Å²) in [5.74, 6) is 0. The van der Waals surface area contributed by atoms with Gasteiger partial charge in [0.2, 0.25) is 0 Å². The standard InChI is InChI=1S/C13H27O3.Sn/c1-7-10(4)14-13(15-11(5)8-2)16-12(6)9-3;/h10-12H,7-9H2,1-6H3;/q;+3. The molecule has 0 rings (SSSR count). The van der Waals surface area contributed by atoms with E-state index in [9.17, 15) is 0 Å². The van der Waals surface area contributed by atoms with E-state index in [-0.39, 0.29) is 18.3 Å². The van der Waals surface area contributed by atoms with Gasteiger partial charge in [0.15, 0.2) is 0 Å². The monoisotopic (exact) mass is 351 g/mol. The zero-order valence-electron chi connectivity index (χ0n) is 12.1. The van der Waals surface area contributed by atoms with Gasteiger partial charge in [-0.3, -0.25) is 0 Å². The van der Waals surface area contributed by atoms with Crippen LogP contribution in [0.3, 0.4) is 0 Å². The van der Waals surface area contributed by atoms with Crippen molar-refractivity contribution in [2.45, 2.75) is 83.1 Å². The van der Waals surface area contributed by atoms with Gasteiger partial charge in [-0.25, -0.2) is 0 Å². The Kier molecular flexibility index (Phi) is 9.07. The van der Waals surface area contributed by atoms with Crippen molar-refractivity contribution in [1.82, 2.24) is 0 Å². The average molecular weight is 350 g/mol. The van der Waals surface area contributed by atoms with Gasteiger partial charge < -0.3 is 0 Å². The van der Waals surface area contributed by atoms with E-state index in [2.05, 4.69) is 41.5 Å². The van der Waals surface area contributed by atoms with E-state index in [0.29, 0.717) is 0 Å². The fraction of sp³-hybridized carbons (Fsp3) is 1.00. The zero-order valence-corrected chi connectivity index (χ0v) is 14.9. The van der Waals surface area contributed by atoms with Crippen LogP contribution in [0.25, 0.3) is 0 Å². The van der Waals surface area contributed by atoms with Crippen LogP contribution in [0.5, 0.6) is 0 Å². The average Bonchev–Trinajstić information content (AvgIpc) is 2.27. The fourth-order valence-corrected chi connectivity index (χ4v) is 2.85. The van der Waals surface area contributed by atoms with Crippen LogP contribution < -0.4 is 0 Å². The fourth-order valence-electron chi connectivity index (χ4n) is 1.13. The van der Waals surface area contributed by atoms with Gasteiger partial charge in [0, 0.05) is 0 Å². The van der Waals surface area contributed by atoms with Crippen LogP contribution in [0.1, 0.15) is 60.8 Å². The van der Waals surface area contributed by atoms with Crippen molar-refractivity contribution in [1.29, 1.82) is 0 Å². The van der Waals surface area contributed by atoms with Gasteiger partial charge in [-0.2, -0.15) is 0 Å². The Morgan fingerprint density at radius 1 is 0.765 bits per heavy atom. The second-order valence-corrected chi connectivity index (χ2v) is 6.31. The number of ether oxygens (including phenoxy) is 3. The van der Waals surface area contributed by atoms with E-state index in [1.165, 1.54) is 0 Å². The summed E-state index contributed by atoms with van der Waals surface area (Å²) in [5.41, 5.74) is 0. The molecule has 0 fully saturated rings. The van der Waals surface area contributed by atoms with E-state index in [0.717, 1.165) is 41.8 Å². The Bertz CT molecular complexity index is 168.